The van der Waals surface area contributed by atoms with E-state index in [4.69, 9.17) is 23.2 Å². The topological polar surface area (TPSA) is 44.3 Å². The molecule has 1 saturated heterocycles. The maximum absolute atomic E-state index is 6.19. The molecule has 3 aliphatic rings. The van der Waals surface area contributed by atoms with E-state index in [1.165, 1.54) is 5.70 Å². The van der Waals surface area contributed by atoms with Gasteiger partial charge >= 0.3 is 0 Å². The van der Waals surface area contributed by atoms with Gasteiger partial charge in [-0.3, -0.25) is 0 Å². The number of fused-ring (bicyclic) bond motifs is 1. The number of allylic oxidation sites excluding steroid dienone is 4. The molecule has 0 atom stereocenters. The van der Waals surface area contributed by atoms with E-state index < -0.39 is 4.33 Å². The molecule has 3 heterocycles. The van der Waals surface area contributed by atoms with Gasteiger partial charge < -0.3 is 15.1 Å². The van der Waals surface area contributed by atoms with E-state index >= 15 is 0 Å². The minimum Gasteiger partial charge on any atom is -0.367 e. The number of halogens is 2. The van der Waals surface area contributed by atoms with Crippen LogP contribution in [-0.2, 0) is 0 Å². The smallest absolute Gasteiger partial charge is 0.225 e. The molecule has 24 heavy (non-hydrogen) atoms. The number of nitrogens with one attached hydrogen (secondary N) is 1. The molecular formula is C17H17Cl2N5. The van der Waals surface area contributed by atoms with E-state index in [0.717, 1.165) is 43.4 Å². The summed E-state index contributed by atoms with van der Waals surface area (Å²) in [6, 6.07) is 1.84. The van der Waals surface area contributed by atoms with Crippen molar-refractivity contribution in [2.45, 2.75) is 4.33 Å². The van der Waals surface area contributed by atoms with Gasteiger partial charge in [-0.25, -0.2) is 9.97 Å². The van der Waals surface area contributed by atoms with Crippen molar-refractivity contribution in [1.82, 2.24) is 20.2 Å². The van der Waals surface area contributed by atoms with Crippen molar-refractivity contribution < 1.29 is 0 Å². The van der Waals surface area contributed by atoms with E-state index in [1.54, 1.807) is 12.4 Å². The monoisotopic (exact) mass is 361 g/mol. The summed E-state index contributed by atoms with van der Waals surface area (Å²) in [5.74, 6) is 0.794. The zero-order valence-electron chi connectivity index (χ0n) is 13.0. The van der Waals surface area contributed by atoms with Crippen molar-refractivity contribution in [3.05, 3.63) is 65.9 Å². The van der Waals surface area contributed by atoms with Gasteiger partial charge in [-0.2, -0.15) is 0 Å². The summed E-state index contributed by atoms with van der Waals surface area (Å²) in [4.78, 5) is 13.2. The second-order valence-electron chi connectivity index (χ2n) is 5.87. The van der Waals surface area contributed by atoms with Gasteiger partial charge in [0.05, 0.1) is 0 Å². The highest BCUT2D eigenvalue weighted by Gasteiger charge is 2.28. The zero-order valence-corrected chi connectivity index (χ0v) is 14.5. The van der Waals surface area contributed by atoms with Crippen molar-refractivity contribution in [1.29, 1.82) is 0 Å². The first kappa shape index (κ1) is 15.5. The summed E-state index contributed by atoms with van der Waals surface area (Å²) in [6.45, 7) is 3.60. The van der Waals surface area contributed by atoms with Gasteiger partial charge in [-0.15, -0.1) is 0 Å². The van der Waals surface area contributed by atoms with E-state index in [-0.39, 0.29) is 0 Å². The van der Waals surface area contributed by atoms with Crippen LogP contribution in [0, 0.1) is 0 Å². The van der Waals surface area contributed by atoms with Crippen LogP contribution in [0.4, 0.5) is 5.95 Å². The Bertz CT molecular complexity index is 744. The molecule has 1 aliphatic carbocycles. The average Bonchev–Trinajstić information content (AvgIpc) is 2.61. The second-order valence-corrected chi connectivity index (χ2v) is 7.31. The Morgan fingerprint density at radius 3 is 2.46 bits per heavy atom. The summed E-state index contributed by atoms with van der Waals surface area (Å²) in [6.07, 6.45) is 13.2. The van der Waals surface area contributed by atoms with Crippen LogP contribution in [0.15, 0.2) is 65.9 Å². The number of hydrogen-bond donors (Lipinski definition) is 1. The lowest BCUT2D eigenvalue weighted by Crippen LogP contribution is -2.47. The van der Waals surface area contributed by atoms with Crippen LogP contribution in [0.25, 0.3) is 0 Å². The Morgan fingerprint density at radius 2 is 1.71 bits per heavy atom. The quantitative estimate of drug-likeness (QED) is 0.820. The third kappa shape index (κ3) is 3.01. The normalized spacial score (nSPS) is 22.2. The second kappa shape index (κ2) is 6.15. The minimum atomic E-state index is -0.953. The number of anilines is 1. The molecule has 1 aromatic heterocycles. The number of rotatable bonds is 2. The molecule has 0 spiro atoms. The predicted octanol–water partition coefficient (Wildman–Crippen LogP) is 2.60. The summed E-state index contributed by atoms with van der Waals surface area (Å²) in [7, 11) is 0. The van der Waals surface area contributed by atoms with Crippen molar-refractivity contribution in [2.24, 2.45) is 0 Å². The van der Waals surface area contributed by atoms with Crippen LogP contribution in [0.1, 0.15) is 0 Å². The Kier molecular flexibility index (Phi) is 3.98. The molecule has 124 valence electrons. The molecule has 1 fully saturated rings. The molecule has 1 aromatic rings. The molecule has 0 saturated carbocycles. The molecule has 2 aliphatic heterocycles. The summed E-state index contributed by atoms with van der Waals surface area (Å²) in [5.41, 5.74) is 3.27. The number of alkyl halides is 2. The Labute approximate surface area is 151 Å². The zero-order chi connectivity index (χ0) is 16.6. The lowest BCUT2D eigenvalue weighted by Gasteiger charge is -2.38. The molecule has 1 N–H and O–H groups in total. The lowest BCUT2D eigenvalue weighted by molar-refractivity contribution is 0.325. The third-order valence-electron chi connectivity index (χ3n) is 4.31. The SMILES string of the molecule is ClC1(Cl)C=CC2=C(N3CCN(c4ncccn4)CC3)C=CNC2=C1. The molecule has 0 radical (unpaired) electrons. The number of aromatic nitrogens is 2. The predicted molar refractivity (Wildman–Crippen MR) is 96.8 cm³/mol. The van der Waals surface area contributed by atoms with Gasteiger partial charge in [-0.05, 0) is 24.3 Å². The fourth-order valence-corrected chi connectivity index (χ4v) is 3.47. The molecular weight excluding hydrogens is 345 g/mol. The van der Waals surface area contributed by atoms with E-state index in [9.17, 15) is 0 Å². The molecule has 4 rings (SSSR count). The lowest BCUT2D eigenvalue weighted by atomic mass is 9.99. The van der Waals surface area contributed by atoms with E-state index in [1.807, 2.05) is 30.5 Å². The van der Waals surface area contributed by atoms with Crippen LogP contribution < -0.4 is 10.2 Å². The standard InChI is InChI=1S/C17H17Cl2N5/c18-17(19)4-2-13-14(12-17)20-7-3-15(13)23-8-10-24(11-9-23)16-21-5-1-6-22-16/h1-7,12,20H,8-11H2. The van der Waals surface area contributed by atoms with Crippen molar-refractivity contribution >= 4 is 29.2 Å². The Morgan fingerprint density at radius 1 is 1.00 bits per heavy atom. The summed E-state index contributed by atoms with van der Waals surface area (Å²) >= 11 is 12.4. The molecule has 7 heteroatoms. The third-order valence-corrected chi connectivity index (χ3v) is 4.78. The van der Waals surface area contributed by atoms with Gasteiger partial charge in [-0.1, -0.05) is 29.3 Å². The first-order chi connectivity index (χ1) is 11.6. The van der Waals surface area contributed by atoms with Crippen molar-refractivity contribution in [3.63, 3.8) is 0 Å². The first-order valence-electron chi connectivity index (χ1n) is 7.87. The molecule has 0 aromatic carbocycles. The van der Waals surface area contributed by atoms with Gasteiger partial charge in [0.15, 0.2) is 4.33 Å². The number of dihydropyridines is 1. The van der Waals surface area contributed by atoms with Gasteiger partial charge in [0, 0.05) is 61.7 Å². The molecule has 0 bridgehead atoms. The van der Waals surface area contributed by atoms with Gasteiger partial charge in [0.1, 0.15) is 0 Å². The largest absolute Gasteiger partial charge is 0.367 e. The highest BCUT2D eigenvalue weighted by Crippen LogP contribution is 2.35. The summed E-state index contributed by atoms with van der Waals surface area (Å²) < 4.78 is -0.953. The highest BCUT2D eigenvalue weighted by molar-refractivity contribution is 6.51. The molecule has 5 nitrogen and oxygen atoms in total. The van der Waals surface area contributed by atoms with Crippen LogP contribution >= 0.6 is 23.2 Å². The van der Waals surface area contributed by atoms with E-state index in [2.05, 4.69) is 31.2 Å². The van der Waals surface area contributed by atoms with E-state index in [0.29, 0.717) is 0 Å². The van der Waals surface area contributed by atoms with Crippen LogP contribution in [0.5, 0.6) is 0 Å². The number of piperazine rings is 1. The average molecular weight is 362 g/mol. The Balaban J connectivity index is 1.52. The highest BCUT2D eigenvalue weighted by atomic mass is 35.5. The Hall–Kier alpha value is -1.98. The van der Waals surface area contributed by atoms with Crippen LogP contribution in [0.2, 0.25) is 0 Å². The van der Waals surface area contributed by atoms with Gasteiger partial charge in [0.2, 0.25) is 5.95 Å². The molecule has 0 amide bonds. The fraction of sp³-hybridized carbons (Fsp3) is 0.294. The van der Waals surface area contributed by atoms with Crippen molar-refractivity contribution in [3.8, 4) is 0 Å². The molecule has 0 unspecified atom stereocenters. The minimum absolute atomic E-state index is 0.794. The fourth-order valence-electron chi connectivity index (χ4n) is 3.12. The summed E-state index contributed by atoms with van der Waals surface area (Å²) in [5, 5.41) is 3.23. The first-order valence-corrected chi connectivity index (χ1v) is 8.63. The van der Waals surface area contributed by atoms with Gasteiger partial charge in [0.25, 0.3) is 0 Å². The maximum atomic E-state index is 6.19. The van der Waals surface area contributed by atoms with Crippen molar-refractivity contribution in [2.75, 3.05) is 31.1 Å². The van der Waals surface area contributed by atoms with Crippen LogP contribution in [-0.4, -0.2) is 45.4 Å². The maximum Gasteiger partial charge on any atom is 0.225 e. The number of nitrogens with zero attached hydrogens (tertiary/aromatic N) is 4. The number of hydrogen-bond acceptors (Lipinski definition) is 5. The van der Waals surface area contributed by atoms with Crippen LogP contribution in [0.3, 0.4) is 0 Å².